The Kier molecular flexibility index (Phi) is 4.25. The minimum atomic E-state index is -0.957. The summed E-state index contributed by atoms with van der Waals surface area (Å²) in [7, 11) is 0. The van der Waals surface area contributed by atoms with Crippen LogP contribution in [0.2, 0.25) is 0 Å². The molecule has 8 heteroatoms. The summed E-state index contributed by atoms with van der Waals surface area (Å²) < 4.78 is 0. The van der Waals surface area contributed by atoms with Crippen LogP contribution in [0.15, 0.2) is 15.7 Å². The fraction of sp³-hybridized carbons (Fsp3) is 0.538. The summed E-state index contributed by atoms with van der Waals surface area (Å²) in [5.41, 5.74) is -1.77. The lowest BCUT2D eigenvalue weighted by Gasteiger charge is -2.28. The standard InChI is InChI=1S/C13H17N3O5/c17-9-5-8(14-12(21)15-9)6-10(18)16-13(7-11(19)20)3-1-2-4-13/h5H,1-4,6-7H2,(H,16,18)(H,19,20)(H2,14,15,17,21). The number of aliphatic carboxylic acids is 1. The number of rotatable bonds is 5. The average molecular weight is 295 g/mol. The fourth-order valence-electron chi connectivity index (χ4n) is 2.81. The number of H-pyrrole nitrogens is 2. The molecule has 0 aromatic carbocycles. The predicted molar refractivity (Wildman–Crippen MR) is 73.0 cm³/mol. The van der Waals surface area contributed by atoms with Crippen LogP contribution in [0, 0.1) is 0 Å². The van der Waals surface area contributed by atoms with Gasteiger partial charge in [-0.3, -0.25) is 19.4 Å². The van der Waals surface area contributed by atoms with E-state index in [-0.39, 0.29) is 18.5 Å². The molecule has 1 amide bonds. The van der Waals surface area contributed by atoms with Crippen LogP contribution in [-0.4, -0.2) is 32.5 Å². The second kappa shape index (κ2) is 5.94. The van der Waals surface area contributed by atoms with E-state index in [0.29, 0.717) is 12.8 Å². The maximum atomic E-state index is 12.0. The van der Waals surface area contributed by atoms with Crippen molar-refractivity contribution in [1.29, 1.82) is 0 Å². The summed E-state index contributed by atoms with van der Waals surface area (Å²) in [6, 6.07) is 1.14. The quantitative estimate of drug-likeness (QED) is 0.582. The van der Waals surface area contributed by atoms with Gasteiger partial charge in [-0.2, -0.15) is 0 Å². The Labute approximate surface area is 119 Å². The van der Waals surface area contributed by atoms with Gasteiger partial charge in [0.1, 0.15) is 0 Å². The van der Waals surface area contributed by atoms with Gasteiger partial charge in [0.2, 0.25) is 5.91 Å². The maximum Gasteiger partial charge on any atom is 0.325 e. The number of carboxylic acid groups (broad SMARTS) is 1. The summed E-state index contributed by atoms with van der Waals surface area (Å²) in [6.07, 6.45) is 2.70. The van der Waals surface area contributed by atoms with Crippen LogP contribution in [0.4, 0.5) is 0 Å². The molecule has 1 aliphatic carbocycles. The van der Waals surface area contributed by atoms with Gasteiger partial charge in [0, 0.05) is 11.8 Å². The van der Waals surface area contributed by atoms with Gasteiger partial charge < -0.3 is 15.4 Å². The van der Waals surface area contributed by atoms with Crippen molar-refractivity contribution < 1.29 is 14.7 Å². The molecule has 1 aromatic rings. The third kappa shape index (κ3) is 4.04. The molecular weight excluding hydrogens is 278 g/mol. The molecule has 1 fully saturated rings. The van der Waals surface area contributed by atoms with Crippen LogP contribution in [0.25, 0.3) is 0 Å². The molecule has 8 nitrogen and oxygen atoms in total. The van der Waals surface area contributed by atoms with Crippen molar-refractivity contribution in [2.75, 3.05) is 0 Å². The number of carbonyl (C=O) groups excluding carboxylic acids is 1. The molecule has 1 heterocycles. The van der Waals surface area contributed by atoms with Gasteiger partial charge in [-0.05, 0) is 12.8 Å². The van der Waals surface area contributed by atoms with E-state index in [0.717, 1.165) is 18.9 Å². The highest BCUT2D eigenvalue weighted by Gasteiger charge is 2.37. The van der Waals surface area contributed by atoms with E-state index >= 15 is 0 Å². The predicted octanol–water partition coefficient (Wildman–Crippen LogP) is -0.491. The maximum absolute atomic E-state index is 12.0. The zero-order chi connectivity index (χ0) is 15.5. The number of aromatic nitrogens is 2. The van der Waals surface area contributed by atoms with Crippen LogP contribution in [0.3, 0.4) is 0 Å². The van der Waals surface area contributed by atoms with Crippen molar-refractivity contribution in [1.82, 2.24) is 15.3 Å². The molecule has 1 aromatic heterocycles. The van der Waals surface area contributed by atoms with E-state index in [1.807, 2.05) is 4.98 Å². The average Bonchev–Trinajstić information content (AvgIpc) is 2.74. The Morgan fingerprint density at radius 2 is 1.90 bits per heavy atom. The second-order valence-electron chi connectivity index (χ2n) is 5.40. The number of carbonyl (C=O) groups is 2. The molecule has 1 aliphatic rings. The van der Waals surface area contributed by atoms with Gasteiger partial charge in [0.15, 0.2) is 0 Å². The van der Waals surface area contributed by atoms with Crippen molar-refractivity contribution in [2.24, 2.45) is 0 Å². The zero-order valence-electron chi connectivity index (χ0n) is 11.4. The van der Waals surface area contributed by atoms with Crippen molar-refractivity contribution in [3.63, 3.8) is 0 Å². The Hall–Kier alpha value is -2.38. The van der Waals surface area contributed by atoms with Gasteiger partial charge >= 0.3 is 11.7 Å². The van der Waals surface area contributed by atoms with E-state index in [2.05, 4.69) is 10.3 Å². The third-order valence-corrected chi connectivity index (χ3v) is 3.62. The second-order valence-corrected chi connectivity index (χ2v) is 5.40. The van der Waals surface area contributed by atoms with Gasteiger partial charge in [0.25, 0.3) is 5.56 Å². The SMILES string of the molecule is O=C(O)CC1(NC(=O)Cc2cc(=O)[nH]c(=O)[nH]2)CCCC1. The molecule has 0 bridgehead atoms. The molecule has 0 atom stereocenters. The summed E-state index contributed by atoms with van der Waals surface area (Å²) in [6.45, 7) is 0. The van der Waals surface area contributed by atoms with Crippen molar-refractivity contribution in [2.45, 2.75) is 44.1 Å². The summed E-state index contributed by atoms with van der Waals surface area (Å²) in [5, 5.41) is 11.7. The lowest BCUT2D eigenvalue weighted by molar-refractivity contribution is -0.139. The number of aromatic amines is 2. The van der Waals surface area contributed by atoms with Gasteiger partial charge in [-0.25, -0.2) is 4.79 Å². The first kappa shape index (κ1) is 15.0. The largest absolute Gasteiger partial charge is 0.481 e. The Morgan fingerprint density at radius 3 is 2.48 bits per heavy atom. The molecule has 2 rings (SSSR count). The van der Waals surface area contributed by atoms with E-state index in [9.17, 15) is 19.2 Å². The van der Waals surface area contributed by atoms with Crippen LogP contribution in [-0.2, 0) is 16.0 Å². The minimum Gasteiger partial charge on any atom is -0.481 e. The highest BCUT2D eigenvalue weighted by Crippen LogP contribution is 2.32. The molecule has 0 saturated heterocycles. The van der Waals surface area contributed by atoms with Crippen LogP contribution >= 0.6 is 0 Å². The lowest BCUT2D eigenvalue weighted by atomic mass is 9.93. The van der Waals surface area contributed by atoms with Crippen LogP contribution in [0.1, 0.15) is 37.8 Å². The smallest absolute Gasteiger partial charge is 0.325 e. The first-order chi connectivity index (χ1) is 9.88. The van der Waals surface area contributed by atoms with Crippen LogP contribution < -0.4 is 16.6 Å². The number of nitrogens with one attached hydrogen (secondary N) is 3. The van der Waals surface area contributed by atoms with Crippen molar-refractivity contribution in [3.8, 4) is 0 Å². The molecular formula is C13H17N3O5. The van der Waals surface area contributed by atoms with E-state index in [1.165, 1.54) is 0 Å². The number of amides is 1. The summed E-state index contributed by atoms with van der Waals surface area (Å²) in [5.74, 6) is -1.36. The van der Waals surface area contributed by atoms with Gasteiger partial charge in [-0.1, -0.05) is 12.8 Å². The molecule has 0 spiro atoms. The first-order valence-corrected chi connectivity index (χ1v) is 6.74. The van der Waals surface area contributed by atoms with Crippen LogP contribution in [0.5, 0.6) is 0 Å². The first-order valence-electron chi connectivity index (χ1n) is 6.74. The molecule has 4 N–H and O–H groups in total. The van der Waals surface area contributed by atoms with E-state index < -0.39 is 28.7 Å². The van der Waals surface area contributed by atoms with Gasteiger partial charge in [-0.15, -0.1) is 0 Å². The Balaban J connectivity index is 2.07. The molecule has 0 unspecified atom stereocenters. The van der Waals surface area contributed by atoms with E-state index in [1.54, 1.807) is 0 Å². The Bertz CT molecular complexity index is 626. The van der Waals surface area contributed by atoms with Crippen molar-refractivity contribution >= 4 is 11.9 Å². The molecule has 1 saturated carbocycles. The molecule has 0 radical (unpaired) electrons. The third-order valence-electron chi connectivity index (χ3n) is 3.62. The molecule has 114 valence electrons. The number of hydrogen-bond donors (Lipinski definition) is 4. The highest BCUT2D eigenvalue weighted by molar-refractivity contribution is 5.80. The monoisotopic (exact) mass is 295 g/mol. The Morgan fingerprint density at radius 1 is 1.24 bits per heavy atom. The number of carboxylic acids is 1. The summed E-state index contributed by atoms with van der Waals surface area (Å²) >= 11 is 0. The molecule has 21 heavy (non-hydrogen) atoms. The van der Waals surface area contributed by atoms with E-state index in [4.69, 9.17) is 5.11 Å². The number of hydrogen-bond acceptors (Lipinski definition) is 4. The highest BCUT2D eigenvalue weighted by atomic mass is 16.4. The van der Waals surface area contributed by atoms with Crippen molar-refractivity contribution in [3.05, 3.63) is 32.6 Å². The fourth-order valence-corrected chi connectivity index (χ4v) is 2.81. The molecule has 0 aliphatic heterocycles. The normalized spacial score (nSPS) is 16.6. The minimum absolute atomic E-state index is 0.120. The van der Waals surface area contributed by atoms with Gasteiger partial charge in [0.05, 0.1) is 18.4 Å². The zero-order valence-corrected chi connectivity index (χ0v) is 11.4. The topological polar surface area (TPSA) is 132 Å². The lowest BCUT2D eigenvalue weighted by Crippen LogP contribution is -2.48. The summed E-state index contributed by atoms with van der Waals surface area (Å²) in [4.78, 5) is 49.7.